The van der Waals surface area contributed by atoms with Crippen molar-refractivity contribution in [1.29, 1.82) is 0 Å². The van der Waals surface area contributed by atoms with Crippen LogP contribution in [0.4, 0.5) is 0 Å². The molecular weight excluding hydrogens is 334 g/mol. The number of hydrogen-bond donors (Lipinski definition) is 1. The number of piperidine rings is 1. The summed E-state index contributed by atoms with van der Waals surface area (Å²) < 4.78 is 0. The number of aromatic nitrogens is 2. The van der Waals surface area contributed by atoms with E-state index in [1.807, 2.05) is 17.2 Å². The number of likely N-dealkylation sites (tertiary alicyclic amines) is 1. The Labute approximate surface area is 160 Å². The van der Waals surface area contributed by atoms with Gasteiger partial charge < -0.3 is 9.88 Å². The third-order valence-electron chi connectivity index (χ3n) is 5.83. The summed E-state index contributed by atoms with van der Waals surface area (Å²) in [7, 11) is 0. The lowest BCUT2D eigenvalue weighted by molar-refractivity contribution is -0.132. The van der Waals surface area contributed by atoms with Gasteiger partial charge in [-0.25, -0.2) is 4.98 Å². The predicted octanol–water partition coefficient (Wildman–Crippen LogP) is 4.46. The summed E-state index contributed by atoms with van der Waals surface area (Å²) in [4.78, 5) is 22.3. The van der Waals surface area contributed by atoms with Crippen LogP contribution in [0.15, 0.2) is 48.8 Å². The molecule has 3 aromatic rings. The standard InChI is InChI=1S/C23H27N3O/c1-2-17-5-7-18(8-6-17)9-10-22(27)26-14-11-19(12-15-26)21-16-25-23-20(21)4-3-13-24-23/h3-8,13,16,19H,2,9-12,14-15H2,1H3,(H,24,25). The molecule has 1 amide bonds. The number of benzene rings is 1. The molecule has 0 aliphatic carbocycles. The maximum atomic E-state index is 12.6. The molecule has 0 atom stereocenters. The number of nitrogens with zero attached hydrogens (tertiary/aromatic N) is 2. The predicted molar refractivity (Wildman–Crippen MR) is 109 cm³/mol. The maximum Gasteiger partial charge on any atom is 0.222 e. The second-order valence-corrected chi connectivity index (χ2v) is 7.47. The second-order valence-electron chi connectivity index (χ2n) is 7.47. The first-order valence-electron chi connectivity index (χ1n) is 10.0. The van der Waals surface area contributed by atoms with Crippen LogP contribution in [-0.2, 0) is 17.6 Å². The average Bonchev–Trinajstić information content (AvgIpc) is 3.16. The first kappa shape index (κ1) is 17.8. The zero-order chi connectivity index (χ0) is 18.6. The van der Waals surface area contributed by atoms with Crippen LogP contribution in [0.3, 0.4) is 0 Å². The first-order valence-corrected chi connectivity index (χ1v) is 10.0. The van der Waals surface area contributed by atoms with E-state index >= 15 is 0 Å². The molecule has 4 heteroatoms. The normalized spacial score (nSPS) is 15.4. The minimum absolute atomic E-state index is 0.286. The van der Waals surface area contributed by atoms with Crippen molar-refractivity contribution in [2.45, 2.75) is 44.9 Å². The van der Waals surface area contributed by atoms with Crippen molar-refractivity contribution >= 4 is 16.9 Å². The Balaban J connectivity index is 1.31. The van der Waals surface area contributed by atoms with E-state index in [0.717, 1.165) is 44.4 Å². The highest BCUT2D eigenvalue weighted by atomic mass is 16.2. The van der Waals surface area contributed by atoms with Crippen LogP contribution in [0.25, 0.3) is 11.0 Å². The Kier molecular flexibility index (Phi) is 5.23. The van der Waals surface area contributed by atoms with Gasteiger partial charge in [0, 0.05) is 37.3 Å². The molecule has 1 saturated heterocycles. The molecule has 0 spiro atoms. The number of carbonyl (C=O) groups excluding carboxylic acids is 1. The quantitative estimate of drug-likeness (QED) is 0.729. The third-order valence-corrected chi connectivity index (χ3v) is 5.83. The van der Waals surface area contributed by atoms with Crippen LogP contribution in [0.2, 0.25) is 0 Å². The summed E-state index contributed by atoms with van der Waals surface area (Å²) in [5.41, 5.74) is 4.91. The highest BCUT2D eigenvalue weighted by Crippen LogP contribution is 2.32. The number of pyridine rings is 1. The monoisotopic (exact) mass is 361 g/mol. The number of rotatable bonds is 5. The van der Waals surface area contributed by atoms with Gasteiger partial charge in [0.15, 0.2) is 0 Å². The van der Waals surface area contributed by atoms with Gasteiger partial charge in [0.25, 0.3) is 0 Å². The molecule has 0 bridgehead atoms. The molecular formula is C23H27N3O. The topological polar surface area (TPSA) is 49.0 Å². The largest absolute Gasteiger partial charge is 0.346 e. The summed E-state index contributed by atoms with van der Waals surface area (Å²) in [6.07, 6.45) is 8.46. The zero-order valence-corrected chi connectivity index (χ0v) is 15.9. The Morgan fingerprint density at radius 1 is 1.15 bits per heavy atom. The lowest BCUT2D eigenvalue weighted by Gasteiger charge is -2.32. The molecule has 1 aliphatic heterocycles. The lowest BCUT2D eigenvalue weighted by Crippen LogP contribution is -2.38. The van der Waals surface area contributed by atoms with Crippen molar-refractivity contribution in [3.63, 3.8) is 0 Å². The van der Waals surface area contributed by atoms with E-state index in [1.165, 1.54) is 22.1 Å². The van der Waals surface area contributed by atoms with Crippen molar-refractivity contribution in [1.82, 2.24) is 14.9 Å². The van der Waals surface area contributed by atoms with Crippen LogP contribution in [0.1, 0.15) is 48.8 Å². The van der Waals surface area contributed by atoms with Gasteiger partial charge >= 0.3 is 0 Å². The van der Waals surface area contributed by atoms with Gasteiger partial charge in [-0.1, -0.05) is 31.2 Å². The molecule has 140 valence electrons. The number of aryl methyl sites for hydroxylation is 2. The summed E-state index contributed by atoms with van der Waals surface area (Å²) in [6.45, 7) is 3.87. The number of H-pyrrole nitrogens is 1. The fourth-order valence-electron chi connectivity index (χ4n) is 4.11. The van der Waals surface area contributed by atoms with E-state index in [-0.39, 0.29) is 5.91 Å². The SMILES string of the molecule is CCc1ccc(CCC(=O)N2CCC(c3c[nH]c4ncccc34)CC2)cc1. The van der Waals surface area contributed by atoms with Gasteiger partial charge in [-0.15, -0.1) is 0 Å². The molecule has 3 heterocycles. The van der Waals surface area contributed by atoms with Crippen molar-refractivity contribution in [2.75, 3.05) is 13.1 Å². The van der Waals surface area contributed by atoms with Crippen molar-refractivity contribution in [3.05, 3.63) is 65.5 Å². The van der Waals surface area contributed by atoms with E-state index in [0.29, 0.717) is 12.3 Å². The van der Waals surface area contributed by atoms with Crippen LogP contribution < -0.4 is 0 Å². The first-order chi connectivity index (χ1) is 13.2. The Hall–Kier alpha value is -2.62. The molecule has 0 radical (unpaired) electrons. The Morgan fingerprint density at radius 2 is 1.89 bits per heavy atom. The summed E-state index contributed by atoms with van der Waals surface area (Å²) in [5.74, 6) is 0.794. The fraction of sp³-hybridized carbons (Fsp3) is 0.391. The van der Waals surface area contributed by atoms with Crippen LogP contribution in [0, 0.1) is 0 Å². The van der Waals surface area contributed by atoms with Gasteiger partial charge in [0.1, 0.15) is 5.65 Å². The Morgan fingerprint density at radius 3 is 2.63 bits per heavy atom. The highest BCUT2D eigenvalue weighted by molar-refractivity contribution is 5.80. The van der Waals surface area contributed by atoms with E-state index in [1.54, 1.807) is 0 Å². The molecule has 0 saturated carbocycles. The zero-order valence-electron chi connectivity index (χ0n) is 15.9. The number of fused-ring (bicyclic) bond motifs is 1. The second kappa shape index (κ2) is 7.95. The maximum absolute atomic E-state index is 12.6. The molecule has 4 rings (SSSR count). The third kappa shape index (κ3) is 3.90. The van der Waals surface area contributed by atoms with E-state index in [2.05, 4.69) is 53.4 Å². The van der Waals surface area contributed by atoms with Crippen molar-refractivity contribution in [3.8, 4) is 0 Å². The molecule has 2 aromatic heterocycles. The number of aromatic amines is 1. The molecule has 4 nitrogen and oxygen atoms in total. The van der Waals surface area contributed by atoms with Gasteiger partial charge in [0.05, 0.1) is 0 Å². The van der Waals surface area contributed by atoms with Crippen LogP contribution in [0.5, 0.6) is 0 Å². The van der Waals surface area contributed by atoms with Gasteiger partial charge in [-0.05, 0) is 60.4 Å². The number of carbonyl (C=O) groups is 1. The average molecular weight is 361 g/mol. The lowest BCUT2D eigenvalue weighted by atomic mass is 9.89. The smallest absolute Gasteiger partial charge is 0.222 e. The molecule has 1 aliphatic rings. The number of hydrogen-bond acceptors (Lipinski definition) is 2. The molecule has 0 unspecified atom stereocenters. The van der Waals surface area contributed by atoms with E-state index in [4.69, 9.17) is 0 Å². The molecule has 1 aromatic carbocycles. The highest BCUT2D eigenvalue weighted by Gasteiger charge is 2.25. The number of nitrogens with one attached hydrogen (secondary N) is 1. The van der Waals surface area contributed by atoms with Gasteiger partial charge in [0.2, 0.25) is 5.91 Å². The van der Waals surface area contributed by atoms with Gasteiger partial charge in [-0.3, -0.25) is 4.79 Å². The Bertz CT molecular complexity index is 905. The summed E-state index contributed by atoms with van der Waals surface area (Å²) in [5, 5.41) is 1.22. The van der Waals surface area contributed by atoms with E-state index in [9.17, 15) is 4.79 Å². The minimum Gasteiger partial charge on any atom is -0.346 e. The summed E-state index contributed by atoms with van der Waals surface area (Å²) in [6, 6.07) is 12.8. The fourth-order valence-corrected chi connectivity index (χ4v) is 4.11. The van der Waals surface area contributed by atoms with Crippen molar-refractivity contribution in [2.24, 2.45) is 0 Å². The minimum atomic E-state index is 0.286. The molecule has 1 fully saturated rings. The number of amides is 1. The summed E-state index contributed by atoms with van der Waals surface area (Å²) >= 11 is 0. The van der Waals surface area contributed by atoms with Crippen LogP contribution in [-0.4, -0.2) is 33.9 Å². The van der Waals surface area contributed by atoms with Gasteiger partial charge in [-0.2, -0.15) is 0 Å². The molecule has 1 N–H and O–H groups in total. The van der Waals surface area contributed by atoms with Crippen molar-refractivity contribution < 1.29 is 4.79 Å². The van der Waals surface area contributed by atoms with E-state index < -0.39 is 0 Å². The molecule has 27 heavy (non-hydrogen) atoms. The van der Waals surface area contributed by atoms with Crippen LogP contribution >= 0.6 is 0 Å².